The first-order valence-electron chi connectivity index (χ1n) is 19.8. The van der Waals surface area contributed by atoms with Crippen molar-refractivity contribution in [2.75, 3.05) is 59.0 Å². The highest BCUT2D eigenvalue weighted by atomic mass is 32.2. The summed E-state index contributed by atoms with van der Waals surface area (Å²) < 4.78 is 85.0. The van der Waals surface area contributed by atoms with Crippen LogP contribution in [0.3, 0.4) is 0 Å². The molecule has 0 spiro atoms. The van der Waals surface area contributed by atoms with Crippen molar-refractivity contribution in [2.24, 2.45) is 38.7 Å². The first-order valence-corrected chi connectivity index (χ1v) is 21.7. The van der Waals surface area contributed by atoms with Gasteiger partial charge in [-0.3, -0.25) is 29.2 Å². The summed E-state index contributed by atoms with van der Waals surface area (Å²) in [6, 6.07) is 3.67. The van der Waals surface area contributed by atoms with Gasteiger partial charge in [-0.15, -0.1) is 23.5 Å². The predicted molar refractivity (Wildman–Crippen MR) is 237 cm³/mol. The predicted octanol–water partition coefficient (Wildman–Crippen LogP) is 5.77. The largest absolute Gasteiger partial charge is 0.416 e. The Hall–Kier alpha value is -5.66. The zero-order valence-corrected chi connectivity index (χ0v) is 36.4. The van der Waals surface area contributed by atoms with Gasteiger partial charge in [0.2, 0.25) is 11.8 Å². The lowest BCUT2D eigenvalue weighted by Gasteiger charge is -2.19. The number of aliphatic imine (C=N–C) groups is 2. The number of halogens is 6. The summed E-state index contributed by atoms with van der Waals surface area (Å²) >= 11 is 1.93. The van der Waals surface area contributed by atoms with E-state index in [0.717, 1.165) is 48.1 Å². The normalized spacial score (nSPS) is 11.8. The molecule has 17 nitrogen and oxygen atoms in total. The number of aromatic nitrogens is 2. The van der Waals surface area contributed by atoms with E-state index >= 15 is 0 Å². The van der Waals surface area contributed by atoms with Crippen molar-refractivity contribution in [1.29, 1.82) is 0 Å². The third-order valence-corrected chi connectivity index (χ3v) is 10.9. The highest BCUT2D eigenvalue weighted by molar-refractivity contribution is 7.99. The average molecular weight is 944 g/mol. The average Bonchev–Trinajstić information content (AvgIpc) is 3.21. The van der Waals surface area contributed by atoms with Gasteiger partial charge in [-0.2, -0.15) is 26.3 Å². The molecule has 0 aliphatic carbocycles. The lowest BCUT2D eigenvalue weighted by Crippen LogP contribution is -2.22. The molecule has 350 valence electrons. The van der Waals surface area contributed by atoms with Crippen LogP contribution < -0.4 is 49.9 Å². The SMILES string of the molecule is CC(N)=NCCCCCC(=O)Nc1cc(C(F)(F)F)cc(NC(=O)c2cc(C(=O)Nc3cc(C(F)(F)F)cc(NC(=O)CCCCCN=C(N)N)c3SCCN)ncn2)c1SCCN. The molecular formula is C39H51F6N13O4S2. The molecule has 3 rings (SSSR count). The Kier molecular flexibility index (Phi) is 21.1. The number of thioether (sulfide) groups is 2. The third-order valence-electron chi connectivity index (χ3n) is 8.52. The maximum absolute atomic E-state index is 14.2. The maximum Gasteiger partial charge on any atom is 0.416 e. The first kappa shape index (κ1) is 52.7. The van der Waals surface area contributed by atoms with Gasteiger partial charge in [0.05, 0.1) is 49.5 Å². The second kappa shape index (κ2) is 25.6. The number of hydrogen-bond acceptors (Lipinski definition) is 12. The fourth-order valence-corrected chi connectivity index (χ4v) is 7.31. The Labute approximate surface area is 373 Å². The van der Waals surface area contributed by atoms with Gasteiger partial charge < -0.3 is 49.9 Å². The first-order chi connectivity index (χ1) is 30.2. The molecule has 0 unspecified atom stereocenters. The van der Waals surface area contributed by atoms with E-state index < -0.39 is 58.5 Å². The maximum atomic E-state index is 14.2. The van der Waals surface area contributed by atoms with Gasteiger partial charge in [0.15, 0.2) is 5.96 Å². The third kappa shape index (κ3) is 17.8. The zero-order chi connectivity index (χ0) is 47.5. The highest BCUT2D eigenvalue weighted by Crippen LogP contribution is 2.43. The fourth-order valence-electron chi connectivity index (χ4n) is 5.61. The van der Waals surface area contributed by atoms with Gasteiger partial charge in [0.25, 0.3) is 11.8 Å². The van der Waals surface area contributed by atoms with Gasteiger partial charge >= 0.3 is 12.4 Å². The van der Waals surface area contributed by atoms with Crippen LogP contribution in [0.25, 0.3) is 0 Å². The number of guanidine groups is 1. The second-order valence-corrected chi connectivity index (χ2v) is 16.0. The minimum Gasteiger partial charge on any atom is -0.388 e. The van der Waals surface area contributed by atoms with Crippen LogP contribution in [0.5, 0.6) is 0 Å². The summed E-state index contributed by atoms with van der Waals surface area (Å²) in [6.07, 6.45) is -6.00. The lowest BCUT2D eigenvalue weighted by molar-refractivity contribution is -0.138. The Morgan fingerprint density at radius 3 is 1.34 bits per heavy atom. The van der Waals surface area contributed by atoms with Gasteiger partial charge in [0, 0.05) is 56.6 Å². The molecule has 0 radical (unpaired) electrons. The Bertz CT molecular complexity index is 2000. The smallest absolute Gasteiger partial charge is 0.388 e. The number of anilines is 4. The van der Waals surface area contributed by atoms with Crippen LogP contribution in [0.15, 0.2) is 56.4 Å². The summed E-state index contributed by atoms with van der Waals surface area (Å²) in [7, 11) is 0. The van der Waals surface area contributed by atoms with Crippen molar-refractivity contribution < 1.29 is 45.5 Å². The molecule has 0 aliphatic heterocycles. The molecule has 0 fully saturated rings. The molecule has 0 bridgehead atoms. The van der Waals surface area contributed by atoms with Crippen molar-refractivity contribution in [2.45, 2.75) is 80.4 Å². The molecule has 1 heterocycles. The van der Waals surface area contributed by atoms with E-state index in [1.807, 2.05) is 0 Å². The van der Waals surface area contributed by atoms with Crippen molar-refractivity contribution in [1.82, 2.24) is 9.97 Å². The van der Waals surface area contributed by atoms with Crippen LogP contribution >= 0.6 is 23.5 Å². The van der Waals surface area contributed by atoms with E-state index in [4.69, 9.17) is 28.7 Å². The standard InChI is InChI=1S/C39H51F6N13O4S2/c1-22(48)51-12-6-2-4-8-31(59)55-25-16-23(38(40,41)42)18-27(33(25)63-14-10-46)57-35(61)29-20-30(54-21-53-29)36(62)58-28-19-24(39(43,44)45)17-26(34(28)64-15-11-47)56-32(60)9-5-3-7-13-52-37(49)50/h16-21H,2-15,46-47H2,1H3,(H2,48,51)(H,55,59)(H,56,60)(H,57,61)(H,58,62)(H4,49,50,52). The Balaban J connectivity index is 1.92. The van der Waals surface area contributed by atoms with Crippen LogP contribution in [0.4, 0.5) is 49.1 Å². The molecule has 2 aromatic carbocycles. The van der Waals surface area contributed by atoms with Gasteiger partial charge in [-0.05, 0) is 56.9 Å². The second-order valence-electron chi connectivity index (χ2n) is 13.8. The molecule has 0 aliphatic rings. The number of unbranched alkanes of at least 4 members (excludes halogenated alkanes) is 4. The number of nitrogens with one attached hydrogen (secondary N) is 4. The van der Waals surface area contributed by atoms with Gasteiger partial charge in [-0.25, -0.2) is 9.97 Å². The van der Waals surface area contributed by atoms with Crippen molar-refractivity contribution in [3.63, 3.8) is 0 Å². The summed E-state index contributed by atoms with van der Waals surface area (Å²) in [5, 5.41) is 9.75. The Morgan fingerprint density at radius 2 is 0.984 bits per heavy atom. The minimum absolute atomic E-state index is 0.0245. The quantitative estimate of drug-likeness (QED) is 0.0170. The monoisotopic (exact) mass is 943 g/mol. The van der Waals surface area contributed by atoms with Crippen LogP contribution in [-0.2, 0) is 21.9 Å². The van der Waals surface area contributed by atoms with Crippen molar-refractivity contribution in [3.8, 4) is 0 Å². The summed E-state index contributed by atoms with van der Waals surface area (Å²) in [4.78, 5) is 68.8. The van der Waals surface area contributed by atoms with E-state index in [0.29, 0.717) is 69.6 Å². The number of amidine groups is 1. The number of carbonyl (C=O) groups is 4. The number of nitrogens with zero attached hydrogens (tertiary/aromatic N) is 4. The zero-order valence-electron chi connectivity index (χ0n) is 34.8. The molecule has 14 N–H and O–H groups in total. The Morgan fingerprint density at radius 1 is 0.594 bits per heavy atom. The van der Waals surface area contributed by atoms with E-state index in [1.54, 1.807) is 6.92 Å². The molecule has 1 aromatic heterocycles. The number of alkyl halides is 6. The van der Waals surface area contributed by atoms with E-state index in [9.17, 15) is 45.5 Å². The number of rotatable bonds is 24. The van der Waals surface area contributed by atoms with Crippen LogP contribution in [0.1, 0.15) is 90.4 Å². The molecular weight excluding hydrogens is 893 g/mol. The van der Waals surface area contributed by atoms with Crippen LogP contribution in [-0.4, -0.2) is 83.1 Å². The van der Waals surface area contributed by atoms with Crippen LogP contribution in [0, 0.1) is 0 Å². The fraction of sp³-hybridized carbons (Fsp3) is 0.436. The molecule has 0 atom stereocenters. The summed E-state index contributed by atoms with van der Waals surface area (Å²) in [5.41, 5.74) is 22.8. The number of nitrogens with two attached hydrogens (primary N) is 5. The van der Waals surface area contributed by atoms with Crippen LogP contribution in [0.2, 0.25) is 0 Å². The van der Waals surface area contributed by atoms with E-state index in [2.05, 4.69) is 41.2 Å². The molecule has 4 amide bonds. The lowest BCUT2D eigenvalue weighted by atomic mass is 10.1. The highest BCUT2D eigenvalue weighted by Gasteiger charge is 2.34. The number of benzene rings is 2. The molecule has 0 saturated carbocycles. The number of hydrogen-bond donors (Lipinski definition) is 9. The number of carbonyl (C=O) groups excluding carboxylic acids is 4. The summed E-state index contributed by atoms with van der Waals surface area (Å²) in [5.74, 6) is -2.72. The summed E-state index contributed by atoms with van der Waals surface area (Å²) in [6.45, 7) is 2.59. The molecule has 3 aromatic rings. The molecule has 64 heavy (non-hydrogen) atoms. The van der Waals surface area contributed by atoms with Gasteiger partial charge in [-0.1, -0.05) is 12.8 Å². The van der Waals surface area contributed by atoms with Crippen molar-refractivity contribution >= 4 is 81.7 Å². The molecule has 0 saturated heterocycles. The topological polar surface area (TPSA) is 297 Å². The van der Waals surface area contributed by atoms with Gasteiger partial charge in [0.1, 0.15) is 17.7 Å². The van der Waals surface area contributed by atoms with E-state index in [-0.39, 0.29) is 75.9 Å². The van der Waals surface area contributed by atoms with E-state index in [1.165, 1.54) is 0 Å². The minimum atomic E-state index is -4.92. The number of amides is 4. The molecule has 25 heteroatoms. The van der Waals surface area contributed by atoms with Crippen molar-refractivity contribution in [3.05, 3.63) is 59.2 Å².